The van der Waals surface area contributed by atoms with Crippen molar-refractivity contribution in [1.29, 1.82) is 0 Å². The van der Waals surface area contributed by atoms with Gasteiger partial charge in [-0.25, -0.2) is 0 Å². The monoisotopic (exact) mass is 406 g/mol. The average Bonchev–Trinajstić information content (AvgIpc) is 3.04. The number of aliphatic hydroxyl groups is 2. The van der Waals surface area contributed by atoms with Gasteiger partial charge >= 0.3 is 5.97 Å². The average molecular weight is 407 g/mol. The van der Waals surface area contributed by atoms with Crippen molar-refractivity contribution in [2.75, 3.05) is 7.11 Å². The zero-order valence-electron chi connectivity index (χ0n) is 18.9. The number of hydrogen-bond donors (Lipinski definition) is 2. The molecule has 4 nitrogen and oxygen atoms in total. The quantitative estimate of drug-likeness (QED) is 0.671. The van der Waals surface area contributed by atoms with E-state index in [0.29, 0.717) is 47.3 Å². The van der Waals surface area contributed by atoms with Crippen molar-refractivity contribution in [2.24, 2.45) is 46.3 Å². The highest BCUT2D eigenvalue weighted by Gasteiger charge is 2.62. The van der Waals surface area contributed by atoms with Gasteiger partial charge in [0.25, 0.3) is 0 Å². The SMILES string of the molecule is COC(=O)CC[C@@H](C)[C@H]1CC[C@H]2C3C(O)C[C@@H]4C[C@H](O)CC[C@]4(C)C3CC[C@]12C. The molecule has 10 atom stereocenters. The second-order valence-corrected chi connectivity index (χ2v) is 11.5. The minimum Gasteiger partial charge on any atom is -0.469 e. The van der Waals surface area contributed by atoms with Crippen LogP contribution in [0.2, 0.25) is 0 Å². The Kier molecular flexibility index (Phi) is 5.83. The van der Waals surface area contributed by atoms with Crippen LogP contribution in [0.4, 0.5) is 0 Å². The molecule has 4 fully saturated rings. The number of methoxy groups -OCH3 is 1. The van der Waals surface area contributed by atoms with Crippen molar-refractivity contribution >= 4 is 5.97 Å². The first-order valence-electron chi connectivity index (χ1n) is 12.1. The molecule has 0 aliphatic heterocycles. The number of carbonyl (C=O) groups excluding carboxylic acids is 1. The highest BCUT2D eigenvalue weighted by atomic mass is 16.5. The van der Waals surface area contributed by atoms with Gasteiger partial charge in [0.05, 0.1) is 19.3 Å². The van der Waals surface area contributed by atoms with Gasteiger partial charge in [0, 0.05) is 6.42 Å². The largest absolute Gasteiger partial charge is 0.469 e. The fraction of sp³-hybridized carbons (Fsp3) is 0.960. The standard InChI is InChI=1S/C25H42O4/c1-15(5-8-22(28)29-4)18-6-7-19-23-20(10-12-25(18,19)3)24(2)11-9-17(26)13-16(24)14-21(23)27/h15-21,23,26-27H,5-14H2,1-4H3/t15-,16+,17-,18-,19+,20?,21?,23?,24+,25-/m1/s1. The van der Waals surface area contributed by atoms with Crippen molar-refractivity contribution in [2.45, 2.75) is 97.2 Å². The van der Waals surface area contributed by atoms with E-state index in [0.717, 1.165) is 32.1 Å². The normalized spacial score (nSPS) is 50.2. The van der Waals surface area contributed by atoms with Gasteiger partial charge in [-0.05, 0) is 104 Å². The van der Waals surface area contributed by atoms with Crippen LogP contribution in [0.15, 0.2) is 0 Å². The van der Waals surface area contributed by atoms with E-state index in [-0.39, 0.29) is 23.6 Å². The molecule has 4 aliphatic carbocycles. The second-order valence-electron chi connectivity index (χ2n) is 11.5. The fourth-order valence-electron chi connectivity index (χ4n) is 8.82. The van der Waals surface area contributed by atoms with Crippen molar-refractivity contribution in [3.8, 4) is 0 Å². The summed E-state index contributed by atoms with van der Waals surface area (Å²) in [5.41, 5.74) is 0.577. The first kappa shape index (κ1) is 21.6. The molecular weight excluding hydrogens is 364 g/mol. The zero-order valence-corrected chi connectivity index (χ0v) is 18.9. The van der Waals surface area contributed by atoms with E-state index in [1.165, 1.54) is 32.8 Å². The smallest absolute Gasteiger partial charge is 0.305 e. The van der Waals surface area contributed by atoms with Crippen LogP contribution in [0.1, 0.15) is 85.0 Å². The Balaban J connectivity index is 1.53. The summed E-state index contributed by atoms with van der Waals surface area (Å²) < 4.78 is 4.86. The summed E-state index contributed by atoms with van der Waals surface area (Å²) in [7, 11) is 1.48. The van der Waals surface area contributed by atoms with Crippen LogP contribution in [-0.4, -0.2) is 35.5 Å². The van der Waals surface area contributed by atoms with Gasteiger partial charge < -0.3 is 14.9 Å². The number of fused-ring (bicyclic) bond motifs is 5. The summed E-state index contributed by atoms with van der Waals surface area (Å²) in [5.74, 6) is 3.17. The van der Waals surface area contributed by atoms with Crippen molar-refractivity contribution < 1.29 is 19.7 Å². The lowest BCUT2D eigenvalue weighted by molar-refractivity contribution is -0.174. The van der Waals surface area contributed by atoms with E-state index in [1.54, 1.807) is 0 Å². The number of carbonyl (C=O) groups is 1. The lowest BCUT2D eigenvalue weighted by atomic mass is 9.43. The summed E-state index contributed by atoms with van der Waals surface area (Å²) in [6, 6.07) is 0. The number of hydrogen-bond acceptors (Lipinski definition) is 4. The van der Waals surface area contributed by atoms with E-state index in [1.807, 2.05) is 0 Å². The van der Waals surface area contributed by atoms with E-state index in [9.17, 15) is 15.0 Å². The van der Waals surface area contributed by atoms with E-state index >= 15 is 0 Å². The molecule has 0 aromatic carbocycles. The van der Waals surface area contributed by atoms with Crippen molar-refractivity contribution in [3.63, 3.8) is 0 Å². The first-order valence-corrected chi connectivity index (χ1v) is 12.1. The Morgan fingerprint density at radius 3 is 2.45 bits per heavy atom. The predicted octanol–water partition coefficient (Wildman–Crippen LogP) is 4.57. The minimum absolute atomic E-state index is 0.0959. The molecule has 29 heavy (non-hydrogen) atoms. The number of esters is 1. The summed E-state index contributed by atoms with van der Waals surface area (Å²) in [6.07, 6.45) is 9.80. The topological polar surface area (TPSA) is 66.8 Å². The molecule has 0 bridgehead atoms. The van der Waals surface area contributed by atoms with E-state index in [2.05, 4.69) is 20.8 Å². The Morgan fingerprint density at radius 2 is 1.72 bits per heavy atom. The molecule has 0 aromatic rings. The molecule has 0 spiro atoms. The molecule has 4 heteroatoms. The van der Waals surface area contributed by atoms with Crippen LogP contribution in [-0.2, 0) is 9.53 Å². The molecule has 166 valence electrons. The van der Waals surface area contributed by atoms with Gasteiger partial charge in [-0.15, -0.1) is 0 Å². The molecule has 4 aliphatic rings. The summed E-state index contributed by atoms with van der Waals surface area (Å²) in [5, 5.41) is 21.5. The van der Waals surface area contributed by atoms with Crippen LogP contribution in [0, 0.1) is 46.3 Å². The highest BCUT2D eigenvalue weighted by Crippen LogP contribution is 2.68. The molecule has 4 rings (SSSR count). The van der Waals surface area contributed by atoms with Gasteiger partial charge in [-0.2, -0.15) is 0 Å². The maximum Gasteiger partial charge on any atom is 0.305 e. The van der Waals surface area contributed by atoms with Crippen molar-refractivity contribution in [1.82, 2.24) is 0 Å². The predicted molar refractivity (Wildman–Crippen MR) is 113 cm³/mol. The van der Waals surface area contributed by atoms with Gasteiger partial charge in [-0.3, -0.25) is 4.79 Å². The zero-order chi connectivity index (χ0) is 21.0. The fourth-order valence-corrected chi connectivity index (χ4v) is 8.82. The molecule has 0 amide bonds. The lowest BCUT2D eigenvalue weighted by Gasteiger charge is -2.62. The third-order valence-corrected chi connectivity index (χ3v) is 10.4. The molecule has 0 aromatic heterocycles. The molecule has 0 saturated heterocycles. The first-order chi connectivity index (χ1) is 13.7. The van der Waals surface area contributed by atoms with E-state index in [4.69, 9.17) is 4.74 Å². The van der Waals surface area contributed by atoms with Crippen LogP contribution < -0.4 is 0 Å². The number of ether oxygens (including phenoxy) is 1. The van der Waals surface area contributed by atoms with Gasteiger partial charge in [0.15, 0.2) is 0 Å². The third-order valence-electron chi connectivity index (χ3n) is 10.4. The van der Waals surface area contributed by atoms with Crippen LogP contribution in [0.3, 0.4) is 0 Å². The maximum absolute atomic E-state index is 11.6. The van der Waals surface area contributed by atoms with E-state index < -0.39 is 0 Å². The van der Waals surface area contributed by atoms with Crippen LogP contribution >= 0.6 is 0 Å². The molecule has 4 saturated carbocycles. The molecular formula is C25H42O4. The Bertz CT molecular complexity index is 620. The van der Waals surface area contributed by atoms with Gasteiger partial charge in [-0.1, -0.05) is 20.8 Å². The molecule has 2 N–H and O–H groups in total. The number of rotatable bonds is 4. The second kappa shape index (κ2) is 7.82. The Labute approximate surface area is 176 Å². The lowest BCUT2D eigenvalue weighted by Crippen LogP contribution is -2.58. The van der Waals surface area contributed by atoms with Gasteiger partial charge in [0.1, 0.15) is 0 Å². The summed E-state index contributed by atoms with van der Waals surface area (Å²) in [4.78, 5) is 11.6. The Hall–Kier alpha value is -0.610. The van der Waals surface area contributed by atoms with Crippen molar-refractivity contribution in [3.05, 3.63) is 0 Å². The van der Waals surface area contributed by atoms with Gasteiger partial charge in [0.2, 0.25) is 0 Å². The maximum atomic E-state index is 11.6. The highest BCUT2D eigenvalue weighted by molar-refractivity contribution is 5.69. The van der Waals surface area contributed by atoms with Crippen LogP contribution in [0.5, 0.6) is 0 Å². The molecule has 3 unspecified atom stereocenters. The summed E-state index contributed by atoms with van der Waals surface area (Å²) in [6.45, 7) is 7.29. The third kappa shape index (κ3) is 3.46. The molecule has 0 heterocycles. The number of aliphatic hydroxyl groups excluding tert-OH is 2. The Morgan fingerprint density at radius 1 is 1.03 bits per heavy atom. The molecule has 0 radical (unpaired) electrons. The minimum atomic E-state index is -0.211. The van der Waals surface area contributed by atoms with Crippen LogP contribution in [0.25, 0.3) is 0 Å². The summed E-state index contributed by atoms with van der Waals surface area (Å²) >= 11 is 0.